The number of rotatable bonds is 4. The minimum atomic E-state index is -3.07. The number of sulfone groups is 1. The van der Waals surface area contributed by atoms with Gasteiger partial charge in [-0.3, -0.25) is 0 Å². The van der Waals surface area contributed by atoms with Gasteiger partial charge in [-0.2, -0.15) is 11.8 Å². The zero-order chi connectivity index (χ0) is 14.8. The highest BCUT2D eigenvalue weighted by Gasteiger charge is 2.33. The normalized spacial score (nSPS) is 20.1. The zero-order valence-electron chi connectivity index (χ0n) is 12.0. The number of hydrogen-bond acceptors (Lipinski definition) is 5. The number of nitrogens with two attached hydrogens (primary N) is 1. The Balaban J connectivity index is 2.38. The SMILES string of the molecule is CCS(=O)(=O)C1CSCCN1c1ccc(CN)cc1C. The Morgan fingerprint density at radius 2 is 2.20 bits per heavy atom. The lowest BCUT2D eigenvalue weighted by molar-refractivity contribution is 0.579. The van der Waals surface area contributed by atoms with E-state index in [2.05, 4.69) is 0 Å². The van der Waals surface area contributed by atoms with Gasteiger partial charge in [0.1, 0.15) is 5.37 Å². The van der Waals surface area contributed by atoms with E-state index in [1.807, 2.05) is 30.0 Å². The molecule has 1 heterocycles. The van der Waals surface area contributed by atoms with Crippen molar-refractivity contribution in [3.63, 3.8) is 0 Å². The Kier molecular flexibility index (Phi) is 4.99. The fraction of sp³-hybridized carbons (Fsp3) is 0.571. The van der Waals surface area contributed by atoms with E-state index in [0.717, 1.165) is 29.1 Å². The molecule has 1 aromatic carbocycles. The van der Waals surface area contributed by atoms with Crippen LogP contribution in [0.4, 0.5) is 5.69 Å². The Morgan fingerprint density at radius 3 is 2.80 bits per heavy atom. The predicted octanol–water partition coefficient (Wildman–Crippen LogP) is 1.77. The maximum atomic E-state index is 12.3. The summed E-state index contributed by atoms with van der Waals surface area (Å²) in [7, 11) is -3.07. The van der Waals surface area contributed by atoms with E-state index in [1.54, 1.807) is 18.7 Å². The molecule has 2 rings (SSSR count). The van der Waals surface area contributed by atoms with Crippen LogP contribution in [-0.2, 0) is 16.4 Å². The molecule has 1 aliphatic rings. The van der Waals surface area contributed by atoms with Crippen LogP contribution in [0.1, 0.15) is 18.1 Å². The van der Waals surface area contributed by atoms with Crippen molar-refractivity contribution in [1.82, 2.24) is 0 Å². The Morgan fingerprint density at radius 1 is 1.45 bits per heavy atom. The molecule has 0 saturated carbocycles. The van der Waals surface area contributed by atoms with Crippen LogP contribution in [0.25, 0.3) is 0 Å². The molecular weight excluding hydrogens is 292 g/mol. The summed E-state index contributed by atoms with van der Waals surface area (Å²) in [6.07, 6.45) is 0. The average molecular weight is 314 g/mol. The first kappa shape index (κ1) is 15.7. The van der Waals surface area contributed by atoms with Crippen LogP contribution in [0.2, 0.25) is 0 Å². The third-order valence-electron chi connectivity index (χ3n) is 3.71. The molecule has 1 fully saturated rings. The number of aryl methyl sites for hydroxylation is 1. The molecule has 0 aromatic heterocycles. The summed E-state index contributed by atoms with van der Waals surface area (Å²) in [5.74, 6) is 1.80. The van der Waals surface area contributed by atoms with Crippen LogP contribution in [0.5, 0.6) is 0 Å². The van der Waals surface area contributed by atoms with Crippen LogP contribution in [0.3, 0.4) is 0 Å². The van der Waals surface area contributed by atoms with Gasteiger partial charge in [0, 0.05) is 36.0 Å². The second-order valence-corrected chi connectivity index (χ2v) is 8.60. The molecule has 4 nitrogen and oxygen atoms in total. The maximum absolute atomic E-state index is 12.3. The van der Waals surface area contributed by atoms with E-state index >= 15 is 0 Å². The average Bonchev–Trinajstić information content (AvgIpc) is 2.47. The lowest BCUT2D eigenvalue weighted by Gasteiger charge is -2.37. The van der Waals surface area contributed by atoms with E-state index in [4.69, 9.17) is 5.73 Å². The van der Waals surface area contributed by atoms with Crippen LogP contribution >= 0.6 is 11.8 Å². The lowest BCUT2D eigenvalue weighted by Crippen LogP contribution is -2.48. The molecule has 2 N–H and O–H groups in total. The summed E-state index contributed by atoms with van der Waals surface area (Å²) in [6.45, 7) is 5.02. The highest BCUT2D eigenvalue weighted by Crippen LogP contribution is 2.30. The van der Waals surface area contributed by atoms with Crippen molar-refractivity contribution in [2.75, 3.05) is 28.7 Å². The van der Waals surface area contributed by atoms with E-state index in [-0.39, 0.29) is 5.75 Å². The number of anilines is 1. The van der Waals surface area contributed by atoms with Crippen molar-refractivity contribution in [1.29, 1.82) is 0 Å². The second kappa shape index (κ2) is 6.37. The van der Waals surface area contributed by atoms with Gasteiger partial charge < -0.3 is 10.6 Å². The second-order valence-electron chi connectivity index (χ2n) is 5.00. The Bertz CT molecular complexity index is 573. The first-order valence-electron chi connectivity index (χ1n) is 6.85. The van der Waals surface area contributed by atoms with Crippen LogP contribution in [0, 0.1) is 6.92 Å². The molecule has 0 aliphatic carbocycles. The van der Waals surface area contributed by atoms with Gasteiger partial charge in [0.2, 0.25) is 0 Å². The zero-order valence-corrected chi connectivity index (χ0v) is 13.6. The molecule has 6 heteroatoms. The summed E-state index contributed by atoms with van der Waals surface area (Å²) in [4.78, 5) is 2.05. The van der Waals surface area contributed by atoms with Crippen LogP contribution < -0.4 is 10.6 Å². The molecular formula is C14H22N2O2S2. The molecule has 1 aromatic rings. The van der Waals surface area contributed by atoms with Gasteiger partial charge in [0.25, 0.3) is 0 Å². The van der Waals surface area contributed by atoms with Gasteiger partial charge in [0.15, 0.2) is 9.84 Å². The van der Waals surface area contributed by atoms with Crippen molar-refractivity contribution in [2.45, 2.75) is 25.8 Å². The molecule has 0 spiro atoms. The van der Waals surface area contributed by atoms with Gasteiger partial charge in [-0.15, -0.1) is 0 Å². The molecule has 1 unspecified atom stereocenters. The smallest absolute Gasteiger partial charge is 0.171 e. The molecule has 20 heavy (non-hydrogen) atoms. The van der Waals surface area contributed by atoms with Gasteiger partial charge in [0.05, 0.1) is 0 Å². The summed E-state index contributed by atoms with van der Waals surface area (Å²) in [6, 6.07) is 6.04. The van der Waals surface area contributed by atoms with Gasteiger partial charge in [-0.25, -0.2) is 8.42 Å². The minimum absolute atomic E-state index is 0.189. The van der Waals surface area contributed by atoms with Crippen LogP contribution in [0.15, 0.2) is 18.2 Å². The first-order chi connectivity index (χ1) is 9.49. The largest absolute Gasteiger partial charge is 0.353 e. The van der Waals surface area contributed by atoms with Crippen molar-refractivity contribution < 1.29 is 8.42 Å². The van der Waals surface area contributed by atoms with E-state index in [9.17, 15) is 8.42 Å². The fourth-order valence-corrected chi connectivity index (χ4v) is 5.50. The molecule has 0 amide bonds. The van der Waals surface area contributed by atoms with Gasteiger partial charge in [-0.05, 0) is 24.1 Å². The number of thioether (sulfide) groups is 1. The fourth-order valence-electron chi connectivity index (χ4n) is 2.51. The molecule has 1 saturated heterocycles. The first-order valence-corrected chi connectivity index (χ1v) is 9.72. The van der Waals surface area contributed by atoms with E-state index in [0.29, 0.717) is 12.3 Å². The number of benzene rings is 1. The predicted molar refractivity (Wildman–Crippen MR) is 87.0 cm³/mol. The highest BCUT2D eigenvalue weighted by atomic mass is 32.2. The molecule has 0 radical (unpaired) electrons. The molecule has 0 bridgehead atoms. The van der Waals surface area contributed by atoms with Gasteiger partial charge >= 0.3 is 0 Å². The number of nitrogens with zero attached hydrogens (tertiary/aromatic N) is 1. The van der Waals surface area contributed by atoms with E-state index < -0.39 is 15.2 Å². The Labute approximate surface area is 125 Å². The monoisotopic (exact) mass is 314 g/mol. The summed E-state index contributed by atoms with van der Waals surface area (Å²) in [5.41, 5.74) is 8.84. The molecule has 112 valence electrons. The van der Waals surface area contributed by atoms with Crippen molar-refractivity contribution >= 4 is 27.3 Å². The van der Waals surface area contributed by atoms with Gasteiger partial charge in [-0.1, -0.05) is 19.1 Å². The number of hydrogen-bond donors (Lipinski definition) is 1. The van der Waals surface area contributed by atoms with Crippen molar-refractivity contribution in [3.05, 3.63) is 29.3 Å². The third-order valence-corrected chi connectivity index (χ3v) is 7.00. The van der Waals surface area contributed by atoms with Crippen molar-refractivity contribution in [2.24, 2.45) is 5.73 Å². The molecule has 1 atom stereocenters. The van der Waals surface area contributed by atoms with Crippen LogP contribution in [-0.4, -0.2) is 37.6 Å². The lowest BCUT2D eigenvalue weighted by atomic mass is 10.1. The maximum Gasteiger partial charge on any atom is 0.171 e. The molecule has 1 aliphatic heterocycles. The van der Waals surface area contributed by atoms with Crippen molar-refractivity contribution in [3.8, 4) is 0 Å². The third kappa shape index (κ3) is 3.13. The van der Waals surface area contributed by atoms with E-state index in [1.165, 1.54) is 0 Å². The highest BCUT2D eigenvalue weighted by molar-refractivity contribution is 8.01. The summed E-state index contributed by atoms with van der Waals surface area (Å²) < 4.78 is 24.6. The quantitative estimate of drug-likeness (QED) is 0.917. The topological polar surface area (TPSA) is 63.4 Å². The summed E-state index contributed by atoms with van der Waals surface area (Å²) >= 11 is 1.72. The summed E-state index contributed by atoms with van der Waals surface area (Å²) in [5, 5.41) is -0.409. The standard InChI is InChI=1S/C14H22N2O2S2/c1-3-20(17,18)14-10-19-7-6-16(14)13-5-4-12(9-15)8-11(13)2/h4-5,8,14H,3,6-7,9-10,15H2,1-2H3. The Hall–Kier alpha value is -0.720. The minimum Gasteiger partial charge on any atom is -0.353 e.